The summed E-state index contributed by atoms with van der Waals surface area (Å²) in [6.07, 6.45) is 14.1. The smallest absolute Gasteiger partial charge is 0.301 e. The van der Waals surface area contributed by atoms with Gasteiger partial charge in [0.15, 0.2) is 5.60 Å². The lowest BCUT2D eigenvalue weighted by molar-refractivity contribution is -0.215. The highest BCUT2D eigenvalue weighted by Crippen LogP contribution is 2.51. The SMILES string of the molecule is FC1=CC(c2ccccc2)C=C(F)C1(OC(F)F)C1CCC(CCCC2CCCC2)CC1. The number of rotatable bonds is 8. The molecule has 1 nitrogen and oxygen atoms in total. The molecule has 0 atom stereocenters. The quantitative estimate of drug-likeness (QED) is 0.360. The van der Waals surface area contributed by atoms with Crippen molar-refractivity contribution in [1.82, 2.24) is 0 Å². The van der Waals surface area contributed by atoms with Crippen molar-refractivity contribution in [1.29, 1.82) is 0 Å². The monoisotopic (exact) mass is 450 g/mol. The fourth-order valence-corrected chi connectivity index (χ4v) is 6.18. The molecule has 0 radical (unpaired) electrons. The van der Waals surface area contributed by atoms with Gasteiger partial charge in [-0.25, -0.2) is 8.78 Å². The molecule has 4 rings (SSSR count). The highest BCUT2D eigenvalue weighted by Gasteiger charge is 2.53. The average Bonchev–Trinajstić information content (AvgIpc) is 3.31. The summed E-state index contributed by atoms with van der Waals surface area (Å²) in [5.41, 5.74) is -1.57. The lowest BCUT2D eigenvalue weighted by Gasteiger charge is -2.43. The van der Waals surface area contributed by atoms with Crippen molar-refractivity contribution in [2.24, 2.45) is 17.8 Å². The summed E-state index contributed by atoms with van der Waals surface area (Å²) in [7, 11) is 0. The van der Waals surface area contributed by atoms with Gasteiger partial charge in [0.1, 0.15) is 11.7 Å². The van der Waals surface area contributed by atoms with Crippen LogP contribution >= 0.6 is 0 Å². The van der Waals surface area contributed by atoms with Crippen molar-refractivity contribution in [3.8, 4) is 0 Å². The van der Waals surface area contributed by atoms with Crippen LogP contribution in [0.15, 0.2) is 54.1 Å². The Morgan fingerprint density at radius 3 is 1.94 bits per heavy atom. The Balaban J connectivity index is 1.42. The van der Waals surface area contributed by atoms with Crippen molar-refractivity contribution in [3.63, 3.8) is 0 Å². The number of ether oxygens (including phenoxy) is 1. The number of allylic oxidation sites excluding steroid dienone is 2. The van der Waals surface area contributed by atoms with Gasteiger partial charge in [0, 0.05) is 11.8 Å². The van der Waals surface area contributed by atoms with Crippen LogP contribution in [0.2, 0.25) is 0 Å². The van der Waals surface area contributed by atoms with Crippen molar-refractivity contribution in [2.75, 3.05) is 0 Å². The molecule has 0 N–H and O–H groups in total. The predicted molar refractivity (Wildman–Crippen MR) is 119 cm³/mol. The van der Waals surface area contributed by atoms with E-state index in [1.807, 2.05) is 6.07 Å². The van der Waals surface area contributed by atoms with E-state index in [0.717, 1.165) is 30.7 Å². The first-order chi connectivity index (χ1) is 15.5. The van der Waals surface area contributed by atoms with Crippen LogP contribution in [0.25, 0.3) is 0 Å². The lowest BCUT2D eigenvalue weighted by Crippen LogP contribution is -2.47. The molecule has 1 aromatic carbocycles. The first kappa shape index (κ1) is 23.5. The third-order valence-corrected chi connectivity index (χ3v) is 7.94. The maximum absolute atomic E-state index is 15.4. The largest absolute Gasteiger partial charge is 0.346 e. The number of alkyl halides is 2. The maximum atomic E-state index is 15.4. The zero-order valence-corrected chi connectivity index (χ0v) is 18.6. The van der Waals surface area contributed by atoms with Crippen LogP contribution in [0.4, 0.5) is 17.6 Å². The summed E-state index contributed by atoms with van der Waals surface area (Å²) in [5.74, 6) is -1.71. The first-order valence-electron chi connectivity index (χ1n) is 12.3. The fourth-order valence-electron chi connectivity index (χ4n) is 6.18. The molecular formula is C27H34F4O. The van der Waals surface area contributed by atoms with Crippen LogP contribution in [-0.4, -0.2) is 12.2 Å². The van der Waals surface area contributed by atoms with Gasteiger partial charge in [0.2, 0.25) is 0 Å². The molecule has 0 unspecified atom stereocenters. The second kappa shape index (κ2) is 10.5. The van der Waals surface area contributed by atoms with Crippen molar-refractivity contribution >= 4 is 0 Å². The minimum atomic E-state index is -3.24. The van der Waals surface area contributed by atoms with Gasteiger partial charge in [-0.15, -0.1) is 0 Å². The third kappa shape index (κ3) is 5.13. The van der Waals surface area contributed by atoms with Gasteiger partial charge >= 0.3 is 6.61 Å². The molecule has 3 aliphatic carbocycles. The molecule has 32 heavy (non-hydrogen) atoms. The zero-order chi connectivity index (χ0) is 22.6. The molecule has 1 aromatic rings. The molecule has 176 valence electrons. The van der Waals surface area contributed by atoms with E-state index in [-0.39, 0.29) is 0 Å². The van der Waals surface area contributed by atoms with Crippen molar-refractivity contribution in [3.05, 3.63) is 59.7 Å². The Hall–Kier alpha value is -1.62. The zero-order valence-electron chi connectivity index (χ0n) is 18.6. The highest BCUT2D eigenvalue weighted by molar-refractivity contribution is 5.41. The molecular weight excluding hydrogens is 416 g/mol. The Kier molecular flexibility index (Phi) is 7.75. The van der Waals surface area contributed by atoms with Crippen molar-refractivity contribution in [2.45, 2.75) is 88.8 Å². The number of halogens is 4. The van der Waals surface area contributed by atoms with Crippen LogP contribution < -0.4 is 0 Å². The topological polar surface area (TPSA) is 9.23 Å². The molecule has 0 heterocycles. The third-order valence-electron chi connectivity index (χ3n) is 7.94. The second-order valence-electron chi connectivity index (χ2n) is 9.88. The van der Waals surface area contributed by atoms with Gasteiger partial charge in [0.05, 0.1) is 0 Å². The Morgan fingerprint density at radius 2 is 1.38 bits per heavy atom. The van der Waals surface area contributed by atoms with Crippen molar-refractivity contribution < 1.29 is 22.3 Å². The molecule has 0 bridgehead atoms. The Bertz CT molecular complexity index is 769. The predicted octanol–water partition coefficient (Wildman–Crippen LogP) is 8.64. The normalized spacial score (nSPS) is 31.6. The molecule has 3 aliphatic rings. The van der Waals surface area contributed by atoms with Gasteiger partial charge in [-0.05, 0) is 42.4 Å². The number of hydrogen-bond acceptors (Lipinski definition) is 1. The molecule has 2 saturated carbocycles. The van der Waals surface area contributed by atoms with Gasteiger partial charge in [-0.2, -0.15) is 8.78 Å². The molecule has 2 fully saturated rings. The van der Waals surface area contributed by atoms with Crippen LogP contribution in [0.3, 0.4) is 0 Å². The van der Waals surface area contributed by atoms with E-state index in [4.69, 9.17) is 4.74 Å². The van der Waals surface area contributed by atoms with Crippen LogP contribution in [0.5, 0.6) is 0 Å². The summed E-state index contributed by atoms with van der Waals surface area (Å²) in [4.78, 5) is 0. The summed E-state index contributed by atoms with van der Waals surface area (Å²) >= 11 is 0. The van der Waals surface area contributed by atoms with E-state index in [9.17, 15) is 8.78 Å². The van der Waals surface area contributed by atoms with E-state index in [2.05, 4.69) is 0 Å². The lowest BCUT2D eigenvalue weighted by atomic mass is 9.69. The summed E-state index contributed by atoms with van der Waals surface area (Å²) < 4.78 is 62.4. The average molecular weight is 451 g/mol. The molecule has 0 spiro atoms. The summed E-state index contributed by atoms with van der Waals surface area (Å²) in [6, 6.07) is 8.95. The minimum Gasteiger partial charge on any atom is -0.301 e. The standard InChI is InChI=1S/C27H34F4O/c28-24-17-22(21-11-2-1-3-12-21)18-25(29)27(24,32-26(30)31)23-15-13-20(14-16-23)10-6-9-19-7-4-5-8-19/h1-3,11-12,17-20,22-23,26H,4-10,13-16H2. The minimum absolute atomic E-state index is 0.499. The number of benzene rings is 1. The molecule has 0 saturated heterocycles. The summed E-state index contributed by atoms with van der Waals surface area (Å²) in [5, 5.41) is 0. The fraction of sp³-hybridized carbons (Fsp3) is 0.630. The number of hydrogen-bond donors (Lipinski definition) is 0. The maximum Gasteiger partial charge on any atom is 0.346 e. The van der Waals surface area contributed by atoms with Crippen LogP contribution in [-0.2, 0) is 4.74 Å². The van der Waals surface area contributed by atoms with Gasteiger partial charge < -0.3 is 4.74 Å². The highest BCUT2D eigenvalue weighted by atomic mass is 19.3. The van der Waals surface area contributed by atoms with Gasteiger partial charge in [0.25, 0.3) is 0 Å². The van der Waals surface area contributed by atoms with E-state index in [1.54, 1.807) is 24.3 Å². The molecule has 0 amide bonds. The van der Waals surface area contributed by atoms with Gasteiger partial charge in [-0.3, -0.25) is 0 Å². The Labute approximate surface area is 188 Å². The van der Waals surface area contributed by atoms with Crippen LogP contribution in [0, 0.1) is 17.8 Å². The second-order valence-corrected chi connectivity index (χ2v) is 9.88. The van der Waals surface area contributed by atoms with Crippen LogP contribution in [0.1, 0.15) is 82.1 Å². The van der Waals surface area contributed by atoms with Gasteiger partial charge in [-0.1, -0.05) is 88.1 Å². The van der Waals surface area contributed by atoms with E-state index in [0.29, 0.717) is 18.8 Å². The Morgan fingerprint density at radius 1 is 0.812 bits per heavy atom. The first-order valence-corrected chi connectivity index (χ1v) is 12.3. The van der Waals surface area contributed by atoms with E-state index in [1.165, 1.54) is 50.7 Å². The van der Waals surface area contributed by atoms with E-state index >= 15 is 8.78 Å². The van der Waals surface area contributed by atoms with E-state index < -0.39 is 35.7 Å². The molecule has 0 aliphatic heterocycles. The molecule has 0 aromatic heterocycles. The summed E-state index contributed by atoms with van der Waals surface area (Å²) in [6.45, 7) is -3.24. The molecule has 5 heteroatoms.